The lowest BCUT2D eigenvalue weighted by atomic mass is 10.2. The lowest BCUT2D eigenvalue weighted by Crippen LogP contribution is -2.37. The van der Waals surface area contributed by atoms with Crippen LogP contribution in [0.3, 0.4) is 0 Å². The summed E-state index contributed by atoms with van der Waals surface area (Å²) in [5, 5.41) is 3.18. The summed E-state index contributed by atoms with van der Waals surface area (Å²) >= 11 is 7.12. The molecule has 0 aromatic heterocycles. The Morgan fingerprint density at radius 3 is 2.86 bits per heavy atom. The molecule has 4 nitrogen and oxygen atoms in total. The van der Waals surface area contributed by atoms with Gasteiger partial charge < -0.3 is 15.0 Å². The molecule has 22 heavy (non-hydrogen) atoms. The van der Waals surface area contributed by atoms with Crippen LogP contribution in [0.5, 0.6) is 0 Å². The number of nitrogens with one attached hydrogen (secondary N) is 1. The SMILES string of the molecule is O=C(Nc1cc(Br)ccc1N1CCOCC1)C1CSCCS1. The molecule has 1 unspecified atom stereocenters. The average Bonchev–Trinajstić information content (AvgIpc) is 2.56. The van der Waals surface area contributed by atoms with E-state index in [-0.39, 0.29) is 11.2 Å². The molecule has 1 N–H and O–H groups in total. The molecule has 1 amide bonds. The number of halogens is 1. The Morgan fingerprint density at radius 2 is 2.14 bits per heavy atom. The second-order valence-corrected chi connectivity index (χ2v) is 8.56. The molecular weight excluding hydrogens is 384 g/mol. The number of amides is 1. The van der Waals surface area contributed by atoms with Crippen molar-refractivity contribution in [1.82, 2.24) is 0 Å². The van der Waals surface area contributed by atoms with Crippen molar-refractivity contribution in [2.45, 2.75) is 5.25 Å². The van der Waals surface area contributed by atoms with Crippen molar-refractivity contribution >= 4 is 56.7 Å². The molecule has 0 bridgehead atoms. The highest BCUT2D eigenvalue weighted by Crippen LogP contribution is 2.32. The van der Waals surface area contributed by atoms with Gasteiger partial charge in [0.15, 0.2) is 0 Å². The zero-order valence-corrected chi connectivity index (χ0v) is 15.4. The number of anilines is 2. The quantitative estimate of drug-likeness (QED) is 0.840. The Labute approximate surface area is 147 Å². The summed E-state index contributed by atoms with van der Waals surface area (Å²) in [7, 11) is 0. The van der Waals surface area contributed by atoms with Gasteiger partial charge in [-0.3, -0.25) is 4.79 Å². The number of ether oxygens (including phenoxy) is 1. The van der Waals surface area contributed by atoms with Gasteiger partial charge in [-0.15, -0.1) is 11.8 Å². The third kappa shape index (κ3) is 4.13. The minimum absolute atomic E-state index is 0.0512. The van der Waals surface area contributed by atoms with Gasteiger partial charge in [0.05, 0.1) is 29.8 Å². The summed E-state index contributed by atoms with van der Waals surface area (Å²) in [5.41, 5.74) is 1.96. The van der Waals surface area contributed by atoms with E-state index in [1.54, 1.807) is 11.8 Å². The largest absolute Gasteiger partial charge is 0.378 e. The molecule has 2 fully saturated rings. The maximum absolute atomic E-state index is 12.5. The van der Waals surface area contributed by atoms with E-state index in [2.05, 4.69) is 32.2 Å². The fourth-order valence-electron chi connectivity index (χ4n) is 2.54. The van der Waals surface area contributed by atoms with Gasteiger partial charge >= 0.3 is 0 Å². The molecule has 0 spiro atoms. The molecule has 1 atom stereocenters. The molecule has 0 saturated carbocycles. The van der Waals surface area contributed by atoms with E-state index in [0.717, 1.165) is 59.4 Å². The van der Waals surface area contributed by atoms with E-state index in [1.807, 2.05) is 23.9 Å². The first-order valence-electron chi connectivity index (χ1n) is 7.36. The van der Waals surface area contributed by atoms with Crippen LogP contribution in [0.15, 0.2) is 22.7 Å². The maximum Gasteiger partial charge on any atom is 0.238 e. The molecule has 1 aromatic carbocycles. The summed E-state index contributed by atoms with van der Waals surface area (Å²) < 4.78 is 6.39. The monoisotopic (exact) mass is 402 g/mol. The van der Waals surface area contributed by atoms with Crippen LogP contribution in [0.1, 0.15) is 0 Å². The molecule has 7 heteroatoms. The Hall–Kier alpha value is -0.370. The number of carbonyl (C=O) groups is 1. The zero-order chi connectivity index (χ0) is 15.4. The van der Waals surface area contributed by atoms with Gasteiger partial charge in [-0.05, 0) is 18.2 Å². The van der Waals surface area contributed by atoms with Crippen molar-refractivity contribution in [2.24, 2.45) is 0 Å². The molecule has 0 aliphatic carbocycles. The molecule has 0 radical (unpaired) electrons. The predicted molar refractivity (Wildman–Crippen MR) is 99.4 cm³/mol. The third-order valence-corrected chi connectivity index (χ3v) is 6.92. The smallest absolute Gasteiger partial charge is 0.238 e. The van der Waals surface area contributed by atoms with Gasteiger partial charge in [0.1, 0.15) is 0 Å². The van der Waals surface area contributed by atoms with Crippen LogP contribution in [0, 0.1) is 0 Å². The predicted octanol–water partition coefficient (Wildman–Crippen LogP) is 3.07. The number of rotatable bonds is 3. The molecule has 2 heterocycles. The van der Waals surface area contributed by atoms with E-state index in [9.17, 15) is 4.79 Å². The van der Waals surface area contributed by atoms with Gasteiger partial charge in [-0.25, -0.2) is 0 Å². The minimum Gasteiger partial charge on any atom is -0.378 e. The van der Waals surface area contributed by atoms with Crippen molar-refractivity contribution in [3.8, 4) is 0 Å². The molecule has 2 aliphatic rings. The van der Waals surface area contributed by atoms with Crippen LogP contribution in [0.25, 0.3) is 0 Å². The molecule has 1 aromatic rings. The van der Waals surface area contributed by atoms with Crippen LogP contribution in [0.2, 0.25) is 0 Å². The molecule has 2 aliphatic heterocycles. The van der Waals surface area contributed by atoms with Crippen molar-refractivity contribution in [2.75, 3.05) is 53.8 Å². The van der Waals surface area contributed by atoms with Gasteiger partial charge in [-0.2, -0.15) is 11.8 Å². The molecular formula is C15H19BrN2O2S2. The van der Waals surface area contributed by atoms with Crippen molar-refractivity contribution in [3.63, 3.8) is 0 Å². The lowest BCUT2D eigenvalue weighted by molar-refractivity contribution is -0.115. The Bertz CT molecular complexity index is 532. The number of carbonyl (C=O) groups excluding carboxylic acids is 1. The highest BCUT2D eigenvalue weighted by molar-refractivity contribution is 9.10. The molecule has 2 saturated heterocycles. The first-order chi connectivity index (χ1) is 10.7. The highest BCUT2D eigenvalue weighted by Gasteiger charge is 2.24. The van der Waals surface area contributed by atoms with E-state index >= 15 is 0 Å². The number of thioether (sulfide) groups is 2. The first-order valence-corrected chi connectivity index (χ1v) is 10.4. The Balaban J connectivity index is 1.76. The lowest BCUT2D eigenvalue weighted by Gasteiger charge is -2.31. The Morgan fingerprint density at radius 1 is 1.32 bits per heavy atom. The summed E-state index contributed by atoms with van der Waals surface area (Å²) in [6, 6.07) is 6.07. The van der Waals surface area contributed by atoms with E-state index < -0.39 is 0 Å². The number of benzene rings is 1. The van der Waals surface area contributed by atoms with Gasteiger partial charge in [0, 0.05) is 34.8 Å². The molecule has 3 rings (SSSR count). The van der Waals surface area contributed by atoms with E-state index in [0.29, 0.717) is 0 Å². The van der Waals surface area contributed by atoms with Crippen LogP contribution < -0.4 is 10.2 Å². The fraction of sp³-hybridized carbons (Fsp3) is 0.533. The van der Waals surface area contributed by atoms with Crippen LogP contribution in [-0.2, 0) is 9.53 Å². The van der Waals surface area contributed by atoms with Crippen molar-refractivity contribution in [1.29, 1.82) is 0 Å². The number of hydrogen-bond donors (Lipinski definition) is 1. The summed E-state index contributed by atoms with van der Waals surface area (Å²) in [6.45, 7) is 3.19. The second-order valence-electron chi connectivity index (χ2n) is 5.18. The average molecular weight is 403 g/mol. The van der Waals surface area contributed by atoms with Crippen LogP contribution in [0.4, 0.5) is 11.4 Å². The Kier molecular flexibility index (Phi) is 5.95. The fourth-order valence-corrected chi connectivity index (χ4v) is 5.46. The van der Waals surface area contributed by atoms with E-state index in [4.69, 9.17) is 4.74 Å². The van der Waals surface area contributed by atoms with Crippen molar-refractivity contribution < 1.29 is 9.53 Å². The highest BCUT2D eigenvalue weighted by atomic mass is 79.9. The number of nitrogens with zero attached hydrogens (tertiary/aromatic N) is 1. The van der Waals surface area contributed by atoms with E-state index in [1.165, 1.54) is 0 Å². The van der Waals surface area contributed by atoms with Gasteiger partial charge in [0.25, 0.3) is 0 Å². The van der Waals surface area contributed by atoms with Gasteiger partial charge in [-0.1, -0.05) is 15.9 Å². The number of hydrogen-bond acceptors (Lipinski definition) is 5. The third-order valence-electron chi connectivity index (χ3n) is 3.68. The van der Waals surface area contributed by atoms with Crippen molar-refractivity contribution in [3.05, 3.63) is 22.7 Å². The maximum atomic E-state index is 12.5. The standard InChI is InChI=1S/C15H19BrN2O2S2/c16-11-1-2-13(18-3-5-20-6-4-18)12(9-11)17-15(19)14-10-21-7-8-22-14/h1-2,9,14H,3-8,10H2,(H,17,19). The number of morpholine rings is 1. The minimum atomic E-state index is 0.0512. The second kappa shape index (κ2) is 7.95. The van der Waals surface area contributed by atoms with Gasteiger partial charge in [0.2, 0.25) is 5.91 Å². The summed E-state index contributed by atoms with van der Waals surface area (Å²) in [6.07, 6.45) is 0. The van der Waals surface area contributed by atoms with Crippen LogP contribution >= 0.6 is 39.5 Å². The first kappa shape index (κ1) is 16.5. The topological polar surface area (TPSA) is 41.6 Å². The molecule has 120 valence electrons. The van der Waals surface area contributed by atoms with Crippen LogP contribution in [-0.4, -0.2) is 54.7 Å². The summed E-state index contributed by atoms with van der Waals surface area (Å²) in [5.74, 6) is 3.21. The normalized spacial score (nSPS) is 22.4. The zero-order valence-electron chi connectivity index (χ0n) is 12.2. The summed E-state index contributed by atoms with van der Waals surface area (Å²) in [4.78, 5) is 14.8.